The monoisotopic (exact) mass is 360 g/mol. The number of benzene rings is 1. The summed E-state index contributed by atoms with van der Waals surface area (Å²) in [7, 11) is 5.87. The fourth-order valence-corrected chi connectivity index (χ4v) is 3.26. The highest BCUT2D eigenvalue weighted by Crippen LogP contribution is 2.27. The molecule has 0 amide bonds. The Balaban J connectivity index is 2.08. The topological polar surface area (TPSA) is 48.9 Å². The molecule has 1 heterocycles. The SMILES string of the molecule is CCNC(=NCc1ccsc1)NCC(c1ccccc1OC)N(C)C. The summed E-state index contributed by atoms with van der Waals surface area (Å²) < 4.78 is 5.53. The van der Waals surface area contributed by atoms with Crippen molar-refractivity contribution >= 4 is 17.3 Å². The number of methoxy groups -OCH3 is 1. The second-order valence-corrected chi connectivity index (χ2v) is 6.71. The van der Waals surface area contributed by atoms with Gasteiger partial charge in [-0.2, -0.15) is 11.3 Å². The highest BCUT2D eigenvalue weighted by Gasteiger charge is 2.18. The van der Waals surface area contributed by atoms with Crippen LogP contribution in [0.25, 0.3) is 0 Å². The van der Waals surface area contributed by atoms with Gasteiger partial charge >= 0.3 is 0 Å². The summed E-state index contributed by atoms with van der Waals surface area (Å²) in [5.74, 6) is 1.73. The highest BCUT2D eigenvalue weighted by molar-refractivity contribution is 7.07. The summed E-state index contributed by atoms with van der Waals surface area (Å²) >= 11 is 1.70. The third-order valence-corrected chi connectivity index (χ3v) is 4.66. The number of hydrogen-bond acceptors (Lipinski definition) is 4. The van der Waals surface area contributed by atoms with Crippen molar-refractivity contribution in [1.82, 2.24) is 15.5 Å². The molecular weight excluding hydrogens is 332 g/mol. The van der Waals surface area contributed by atoms with Crippen LogP contribution < -0.4 is 15.4 Å². The molecule has 0 radical (unpaired) electrons. The van der Waals surface area contributed by atoms with Crippen molar-refractivity contribution in [3.63, 3.8) is 0 Å². The van der Waals surface area contributed by atoms with Crippen molar-refractivity contribution in [2.45, 2.75) is 19.5 Å². The number of aliphatic imine (C=N–C) groups is 1. The maximum Gasteiger partial charge on any atom is 0.191 e. The minimum Gasteiger partial charge on any atom is -0.496 e. The van der Waals surface area contributed by atoms with Crippen LogP contribution in [0.5, 0.6) is 5.75 Å². The average Bonchev–Trinajstić information content (AvgIpc) is 3.13. The van der Waals surface area contributed by atoms with Gasteiger partial charge in [0.05, 0.1) is 19.7 Å². The standard InChI is InChI=1S/C19H28N4OS/c1-5-20-19(21-12-15-10-11-25-14-15)22-13-17(23(2)3)16-8-6-7-9-18(16)24-4/h6-11,14,17H,5,12-13H2,1-4H3,(H2,20,21,22). The number of guanidine groups is 1. The van der Waals surface area contributed by atoms with E-state index in [0.29, 0.717) is 6.54 Å². The van der Waals surface area contributed by atoms with Crippen molar-refractivity contribution in [2.24, 2.45) is 4.99 Å². The minimum atomic E-state index is 0.182. The lowest BCUT2D eigenvalue weighted by Crippen LogP contribution is -2.41. The third-order valence-electron chi connectivity index (χ3n) is 3.93. The van der Waals surface area contributed by atoms with E-state index in [-0.39, 0.29) is 6.04 Å². The zero-order chi connectivity index (χ0) is 18.1. The van der Waals surface area contributed by atoms with Gasteiger partial charge in [0, 0.05) is 18.7 Å². The molecule has 0 aliphatic heterocycles. The Labute approximate surface area is 154 Å². The van der Waals surface area contributed by atoms with Crippen molar-refractivity contribution < 1.29 is 4.74 Å². The molecule has 1 atom stereocenters. The van der Waals surface area contributed by atoms with Crippen molar-refractivity contribution in [1.29, 1.82) is 0 Å². The lowest BCUT2D eigenvalue weighted by atomic mass is 10.0. The number of nitrogens with one attached hydrogen (secondary N) is 2. The van der Waals surface area contributed by atoms with Gasteiger partial charge in [-0.25, -0.2) is 4.99 Å². The number of para-hydroxylation sites is 1. The van der Waals surface area contributed by atoms with E-state index in [0.717, 1.165) is 30.4 Å². The van der Waals surface area contributed by atoms with E-state index in [1.54, 1.807) is 18.4 Å². The smallest absolute Gasteiger partial charge is 0.191 e. The lowest BCUT2D eigenvalue weighted by Gasteiger charge is -2.27. The number of nitrogens with zero attached hydrogens (tertiary/aromatic N) is 2. The summed E-state index contributed by atoms with van der Waals surface area (Å²) in [6.07, 6.45) is 0. The Morgan fingerprint density at radius 2 is 2.04 bits per heavy atom. The van der Waals surface area contributed by atoms with Gasteiger partial charge in [0.2, 0.25) is 0 Å². The Hall–Kier alpha value is -2.05. The van der Waals surface area contributed by atoms with Gasteiger partial charge in [-0.3, -0.25) is 0 Å². The Morgan fingerprint density at radius 3 is 2.68 bits per heavy atom. The molecule has 6 heteroatoms. The maximum atomic E-state index is 5.53. The van der Waals surface area contributed by atoms with Crippen LogP contribution in [0.2, 0.25) is 0 Å². The molecule has 0 fully saturated rings. The van der Waals surface area contributed by atoms with E-state index < -0.39 is 0 Å². The van der Waals surface area contributed by atoms with Crippen molar-refractivity contribution in [3.05, 3.63) is 52.2 Å². The average molecular weight is 361 g/mol. The van der Waals surface area contributed by atoms with Gasteiger partial charge in [-0.05, 0) is 49.5 Å². The molecule has 0 bridgehead atoms. The van der Waals surface area contributed by atoms with Gasteiger partial charge in [-0.15, -0.1) is 0 Å². The lowest BCUT2D eigenvalue weighted by molar-refractivity contribution is 0.287. The molecule has 0 aliphatic carbocycles. The Kier molecular flexibility index (Phi) is 7.76. The van der Waals surface area contributed by atoms with Crippen LogP contribution in [-0.4, -0.2) is 45.2 Å². The van der Waals surface area contributed by atoms with E-state index in [4.69, 9.17) is 4.74 Å². The molecule has 1 unspecified atom stereocenters. The van der Waals surface area contributed by atoms with Gasteiger partial charge in [0.1, 0.15) is 5.75 Å². The first-order valence-electron chi connectivity index (χ1n) is 8.48. The molecule has 2 aromatic rings. The summed E-state index contributed by atoms with van der Waals surface area (Å²) in [5.41, 5.74) is 2.40. The number of hydrogen-bond donors (Lipinski definition) is 2. The van der Waals surface area contributed by atoms with E-state index in [2.05, 4.69) is 64.4 Å². The Bertz CT molecular complexity index is 655. The van der Waals surface area contributed by atoms with E-state index in [1.807, 2.05) is 18.2 Å². The fraction of sp³-hybridized carbons (Fsp3) is 0.421. The van der Waals surface area contributed by atoms with E-state index in [9.17, 15) is 0 Å². The Morgan fingerprint density at radius 1 is 1.24 bits per heavy atom. The van der Waals surface area contributed by atoms with Crippen LogP contribution in [0.3, 0.4) is 0 Å². The first-order chi connectivity index (χ1) is 12.2. The van der Waals surface area contributed by atoms with Gasteiger partial charge in [-0.1, -0.05) is 18.2 Å². The van der Waals surface area contributed by atoms with Crippen LogP contribution in [-0.2, 0) is 6.54 Å². The molecule has 0 spiro atoms. The van der Waals surface area contributed by atoms with Crippen LogP contribution in [0.15, 0.2) is 46.1 Å². The second kappa shape index (κ2) is 10.1. The molecular formula is C19H28N4OS. The van der Waals surface area contributed by atoms with E-state index >= 15 is 0 Å². The molecule has 2 rings (SSSR count). The first kappa shape index (κ1) is 19.3. The molecule has 136 valence electrons. The van der Waals surface area contributed by atoms with Gasteiger partial charge in [0.25, 0.3) is 0 Å². The highest BCUT2D eigenvalue weighted by atomic mass is 32.1. The predicted octanol–water partition coefficient (Wildman–Crippen LogP) is 3.11. The number of thiophene rings is 1. The van der Waals surface area contributed by atoms with Crippen molar-refractivity contribution in [3.8, 4) is 5.75 Å². The van der Waals surface area contributed by atoms with Crippen LogP contribution in [0.1, 0.15) is 24.1 Å². The number of likely N-dealkylation sites (N-methyl/N-ethyl adjacent to an activating group) is 1. The normalized spacial score (nSPS) is 12.9. The van der Waals surface area contributed by atoms with E-state index in [1.165, 1.54) is 5.56 Å². The quantitative estimate of drug-likeness (QED) is 0.561. The molecule has 0 saturated heterocycles. The fourth-order valence-electron chi connectivity index (χ4n) is 2.60. The second-order valence-electron chi connectivity index (χ2n) is 5.93. The molecule has 0 saturated carbocycles. The first-order valence-corrected chi connectivity index (χ1v) is 9.42. The molecule has 2 N–H and O–H groups in total. The maximum absolute atomic E-state index is 5.53. The number of ether oxygens (including phenoxy) is 1. The van der Waals surface area contributed by atoms with Crippen LogP contribution >= 0.6 is 11.3 Å². The summed E-state index contributed by atoms with van der Waals surface area (Å²) in [4.78, 5) is 6.86. The molecule has 1 aromatic carbocycles. The summed E-state index contributed by atoms with van der Waals surface area (Å²) in [5, 5.41) is 11.0. The third kappa shape index (κ3) is 5.76. The van der Waals surface area contributed by atoms with Gasteiger partial charge < -0.3 is 20.3 Å². The van der Waals surface area contributed by atoms with Crippen LogP contribution in [0, 0.1) is 0 Å². The summed E-state index contributed by atoms with van der Waals surface area (Å²) in [6, 6.07) is 10.4. The summed E-state index contributed by atoms with van der Waals surface area (Å²) in [6.45, 7) is 4.32. The zero-order valence-electron chi connectivity index (χ0n) is 15.5. The minimum absolute atomic E-state index is 0.182. The largest absolute Gasteiger partial charge is 0.496 e. The van der Waals surface area contributed by atoms with Gasteiger partial charge in [0.15, 0.2) is 5.96 Å². The zero-order valence-corrected chi connectivity index (χ0v) is 16.3. The van der Waals surface area contributed by atoms with Crippen molar-refractivity contribution in [2.75, 3.05) is 34.3 Å². The molecule has 1 aromatic heterocycles. The van der Waals surface area contributed by atoms with Crippen LogP contribution in [0.4, 0.5) is 0 Å². The molecule has 0 aliphatic rings. The molecule has 5 nitrogen and oxygen atoms in total. The molecule has 25 heavy (non-hydrogen) atoms. The number of rotatable bonds is 8. The predicted molar refractivity (Wildman–Crippen MR) is 107 cm³/mol.